The van der Waals surface area contributed by atoms with Gasteiger partial charge in [0.2, 0.25) is 0 Å². The van der Waals surface area contributed by atoms with Crippen molar-refractivity contribution in [2.45, 2.75) is 0 Å². The molecule has 0 aliphatic rings. The fourth-order valence-electron chi connectivity index (χ4n) is 1.02. The minimum atomic E-state index is 0. The number of fused-ring (bicyclic) bond motifs is 1. The Bertz CT molecular complexity index is 281. The number of aromatic nitrogens is 1. The van der Waals surface area contributed by atoms with Crippen molar-refractivity contribution < 1.29 is 20.1 Å². The Morgan fingerprint density at radius 3 is 2.45 bits per heavy atom. The third kappa shape index (κ3) is 1.65. The summed E-state index contributed by atoms with van der Waals surface area (Å²) >= 11 is 0. The van der Waals surface area contributed by atoms with Crippen LogP contribution in [0.2, 0.25) is 0 Å². The molecule has 0 bridgehead atoms. The van der Waals surface area contributed by atoms with Crippen molar-refractivity contribution in [1.82, 2.24) is 4.98 Å². The first-order valence-electron chi connectivity index (χ1n) is 3.26. The van der Waals surface area contributed by atoms with Crippen LogP contribution in [0.5, 0.6) is 0 Å². The van der Waals surface area contributed by atoms with Gasteiger partial charge in [0.25, 0.3) is 0 Å². The number of hydrogen-bond donors (Lipinski definition) is 0. The van der Waals surface area contributed by atoms with E-state index in [9.17, 15) is 0 Å². The van der Waals surface area contributed by atoms with Crippen LogP contribution in [0.4, 0.5) is 0 Å². The number of rotatable bonds is 0. The molecule has 2 rings (SSSR count). The van der Waals surface area contributed by atoms with Crippen LogP contribution in [0.1, 0.15) is 0 Å². The van der Waals surface area contributed by atoms with Gasteiger partial charge < -0.3 is 0 Å². The fourth-order valence-corrected chi connectivity index (χ4v) is 1.02. The van der Waals surface area contributed by atoms with Crippen molar-refractivity contribution in [2.24, 2.45) is 0 Å². The zero-order valence-electron chi connectivity index (χ0n) is 5.82. The summed E-state index contributed by atoms with van der Waals surface area (Å²) in [5.74, 6) is 0. The van der Waals surface area contributed by atoms with E-state index < -0.39 is 0 Å². The predicted molar refractivity (Wildman–Crippen MR) is 41.7 cm³/mol. The quantitative estimate of drug-likeness (QED) is 0.725. The summed E-state index contributed by atoms with van der Waals surface area (Å²) in [6.45, 7) is 0. The van der Waals surface area contributed by atoms with Gasteiger partial charge in [-0.05, 0) is 12.1 Å². The summed E-state index contributed by atoms with van der Waals surface area (Å²) in [5.41, 5.74) is 1.06. The predicted octanol–water partition coefficient (Wildman–Crippen LogP) is 2.23. The second kappa shape index (κ2) is 3.61. The average molecular weight is 321 g/mol. The maximum absolute atomic E-state index is 4.18. The van der Waals surface area contributed by atoms with Gasteiger partial charge in [0, 0.05) is 11.6 Å². The third-order valence-electron chi connectivity index (χ3n) is 1.51. The molecule has 11 heavy (non-hydrogen) atoms. The van der Waals surface area contributed by atoms with Crippen molar-refractivity contribution in [1.29, 1.82) is 0 Å². The van der Waals surface area contributed by atoms with Crippen LogP contribution in [0.3, 0.4) is 0 Å². The summed E-state index contributed by atoms with van der Waals surface area (Å²) in [4.78, 5) is 4.18. The maximum atomic E-state index is 4.18. The van der Waals surface area contributed by atoms with E-state index in [4.69, 9.17) is 0 Å². The van der Waals surface area contributed by atoms with Gasteiger partial charge in [-0.3, -0.25) is 4.98 Å². The normalized spacial score (nSPS) is 9.09. The number of para-hydroxylation sites is 1. The van der Waals surface area contributed by atoms with Crippen LogP contribution in [-0.2, 0) is 20.1 Å². The number of hydrogen-bond acceptors (Lipinski definition) is 1. The van der Waals surface area contributed by atoms with Gasteiger partial charge in [0.1, 0.15) is 0 Å². The van der Waals surface area contributed by atoms with Gasteiger partial charge >= 0.3 is 20.1 Å². The monoisotopic (exact) mass is 322 g/mol. The average Bonchev–Trinajstić information content (AvgIpc) is 2.05. The van der Waals surface area contributed by atoms with Crippen LogP contribution in [0, 0.1) is 0 Å². The first-order chi connectivity index (χ1) is 4.97. The van der Waals surface area contributed by atoms with Crippen LogP contribution in [-0.4, -0.2) is 4.98 Å². The summed E-state index contributed by atoms with van der Waals surface area (Å²) in [6, 6.07) is 12.1. The third-order valence-corrected chi connectivity index (χ3v) is 1.51. The molecular formula is C9H7IrN+3. The molecule has 1 aromatic heterocycles. The number of pyridine rings is 1. The van der Waals surface area contributed by atoms with E-state index in [1.165, 1.54) is 5.39 Å². The zero-order chi connectivity index (χ0) is 6.81. The van der Waals surface area contributed by atoms with Crippen molar-refractivity contribution in [2.75, 3.05) is 0 Å². The number of benzene rings is 1. The molecule has 0 fully saturated rings. The maximum Gasteiger partial charge on any atom is 3.00 e. The first-order valence-corrected chi connectivity index (χ1v) is 3.26. The Labute approximate surface area is 78.8 Å². The second-order valence-corrected chi connectivity index (χ2v) is 2.20. The summed E-state index contributed by atoms with van der Waals surface area (Å²) in [5, 5.41) is 1.20. The molecule has 0 saturated heterocycles. The molecular weight excluding hydrogens is 314 g/mol. The molecule has 0 aliphatic carbocycles. The molecule has 1 nitrogen and oxygen atoms in total. The van der Waals surface area contributed by atoms with Crippen molar-refractivity contribution in [3.8, 4) is 0 Å². The molecule has 0 saturated carbocycles. The van der Waals surface area contributed by atoms with Crippen LogP contribution < -0.4 is 0 Å². The summed E-state index contributed by atoms with van der Waals surface area (Å²) in [6.07, 6.45) is 1.81. The van der Waals surface area contributed by atoms with Crippen molar-refractivity contribution in [3.05, 3.63) is 42.6 Å². The van der Waals surface area contributed by atoms with E-state index >= 15 is 0 Å². The molecule has 2 heteroatoms. The van der Waals surface area contributed by atoms with Gasteiger partial charge in [-0.15, -0.1) is 0 Å². The standard InChI is InChI=1S/C9H7N.Ir/c1-2-6-9-8(4-1)5-3-7-10-9;/h1-7H;/q;+3. The SMILES string of the molecule is [Ir+3].c1ccc2ncccc2c1. The van der Waals surface area contributed by atoms with E-state index in [1.807, 2.05) is 30.5 Å². The van der Waals surface area contributed by atoms with Gasteiger partial charge in [-0.25, -0.2) is 0 Å². The van der Waals surface area contributed by atoms with Gasteiger partial charge in [-0.2, -0.15) is 0 Å². The van der Waals surface area contributed by atoms with Crippen molar-refractivity contribution >= 4 is 10.9 Å². The van der Waals surface area contributed by atoms with E-state index in [-0.39, 0.29) is 20.1 Å². The molecule has 0 aliphatic heterocycles. The molecule has 0 amide bonds. The molecule has 0 N–H and O–H groups in total. The molecule has 0 atom stereocenters. The topological polar surface area (TPSA) is 12.9 Å². The summed E-state index contributed by atoms with van der Waals surface area (Å²) in [7, 11) is 0. The Morgan fingerprint density at radius 2 is 1.64 bits per heavy atom. The molecule has 0 unspecified atom stereocenters. The van der Waals surface area contributed by atoms with E-state index in [0.717, 1.165) is 5.52 Å². The van der Waals surface area contributed by atoms with E-state index in [1.54, 1.807) is 0 Å². The fraction of sp³-hybridized carbons (Fsp3) is 0. The molecule has 1 aromatic carbocycles. The minimum absolute atomic E-state index is 0. The Hall–Kier alpha value is -0.721. The largest absolute Gasteiger partial charge is 3.00 e. The molecule has 0 spiro atoms. The van der Waals surface area contributed by atoms with Crippen LogP contribution in [0.15, 0.2) is 42.6 Å². The second-order valence-electron chi connectivity index (χ2n) is 2.20. The molecule has 1 heterocycles. The summed E-state index contributed by atoms with van der Waals surface area (Å²) < 4.78 is 0. The van der Waals surface area contributed by atoms with Gasteiger partial charge in [0.05, 0.1) is 5.52 Å². The van der Waals surface area contributed by atoms with Crippen LogP contribution in [0.25, 0.3) is 10.9 Å². The van der Waals surface area contributed by atoms with Gasteiger partial charge in [-0.1, -0.05) is 24.3 Å². The van der Waals surface area contributed by atoms with Gasteiger partial charge in [0.15, 0.2) is 0 Å². The molecule has 54 valence electrons. The zero-order valence-corrected chi connectivity index (χ0v) is 8.22. The minimum Gasteiger partial charge on any atom is -0.256 e. The van der Waals surface area contributed by atoms with Crippen LogP contribution >= 0.6 is 0 Å². The first kappa shape index (κ1) is 8.38. The Balaban J connectivity index is 0.000000605. The molecule has 2 aromatic rings. The smallest absolute Gasteiger partial charge is 0.256 e. The molecule has 0 radical (unpaired) electrons. The Morgan fingerprint density at radius 1 is 0.909 bits per heavy atom. The Kier molecular flexibility index (Phi) is 2.75. The number of nitrogens with zero attached hydrogens (tertiary/aromatic N) is 1. The van der Waals surface area contributed by atoms with E-state index in [2.05, 4.69) is 17.1 Å². The van der Waals surface area contributed by atoms with E-state index in [0.29, 0.717) is 0 Å². The van der Waals surface area contributed by atoms with Crippen molar-refractivity contribution in [3.63, 3.8) is 0 Å².